The molecular formula is C18H19F2N3O3. The number of nitrogens with zero attached hydrogens (tertiary/aromatic N) is 1. The maximum atomic E-state index is 12.3. The average molecular weight is 363 g/mol. The van der Waals surface area contributed by atoms with E-state index in [-0.39, 0.29) is 18.2 Å². The van der Waals surface area contributed by atoms with Crippen LogP contribution in [-0.4, -0.2) is 31.9 Å². The van der Waals surface area contributed by atoms with E-state index in [9.17, 15) is 13.6 Å². The molecule has 0 atom stereocenters. The van der Waals surface area contributed by atoms with Gasteiger partial charge in [-0.15, -0.1) is 0 Å². The second-order valence-electron chi connectivity index (χ2n) is 5.19. The molecule has 2 aromatic rings. The van der Waals surface area contributed by atoms with Gasteiger partial charge in [0.1, 0.15) is 11.5 Å². The van der Waals surface area contributed by atoms with Gasteiger partial charge in [0.25, 0.3) is 5.91 Å². The molecule has 2 aromatic carbocycles. The molecule has 0 aromatic heterocycles. The maximum absolute atomic E-state index is 12.3. The van der Waals surface area contributed by atoms with E-state index >= 15 is 0 Å². The van der Waals surface area contributed by atoms with E-state index in [1.807, 2.05) is 12.1 Å². The summed E-state index contributed by atoms with van der Waals surface area (Å²) >= 11 is 0. The summed E-state index contributed by atoms with van der Waals surface area (Å²) < 4.78 is 34.0. The number of hydrazone groups is 1. The molecule has 8 heteroatoms. The van der Waals surface area contributed by atoms with E-state index in [4.69, 9.17) is 4.74 Å². The number of ether oxygens (including phenoxy) is 2. The number of hydrogen-bond donors (Lipinski definition) is 2. The third kappa shape index (κ3) is 5.73. The second kappa shape index (κ2) is 9.36. The van der Waals surface area contributed by atoms with Crippen molar-refractivity contribution in [3.05, 3.63) is 54.1 Å². The monoisotopic (exact) mass is 363 g/mol. The molecule has 0 spiro atoms. The van der Waals surface area contributed by atoms with Gasteiger partial charge in [0.15, 0.2) is 0 Å². The zero-order chi connectivity index (χ0) is 18.9. The first-order valence-corrected chi connectivity index (χ1v) is 7.75. The molecule has 0 aliphatic rings. The van der Waals surface area contributed by atoms with Crippen LogP contribution in [0.3, 0.4) is 0 Å². The molecule has 0 bridgehead atoms. The molecule has 0 aliphatic heterocycles. The Hall–Kier alpha value is -3.16. The molecule has 0 heterocycles. The predicted octanol–water partition coefficient (Wildman–Crippen LogP) is 3.25. The topological polar surface area (TPSA) is 72.0 Å². The third-order valence-corrected chi connectivity index (χ3v) is 3.37. The number of para-hydroxylation sites is 2. The van der Waals surface area contributed by atoms with Crippen LogP contribution in [0.1, 0.15) is 12.5 Å². The molecule has 0 saturated carbocycles. The van der Waals surface area contributed by atoms with Crippen LogP contribution in [0, 0.1) is 0 Å². The van der Waals surface area contributed by atoms with Gasteiger partial charge >= 0.3 is 6.61 Å². The molecule has 1 amide bonds. The third-order valence-electron chi connectivity index (χ3n) is 3.37. The summed E-state index contributed by atoms with van der Waals surface area (Å²) in [6, 6.07) is 13.3. The number of anilines is 1. The quantitative estimate of drug-likeness (QED) is 0.558. The lowest BCUT2D eigenvalue weighted by atomic mass is 10.1. The van der Waals surface area contributed by atoms with Crippen LogP contribution in [0.25, 0.3) is 0 Å². The predicted molar refractivity (Wildman–Crippen MR) is 94.9 cm³/mol. The number of carbonyl (C=O) groups is 1. The number of carbonyl (C=O) groups excluding carboxylic acids is 1. The van der Waals surface area contributed by atoms with Crippen LogP contribution in [0.2, 0.25) is 0 Å². The molecule has 0 aliphatic carbocycles. The van der Waals surface area contributed by atoms with Gasteiger partial charge in [-0.2, -0.15) is 13.9 Å². The van der Waals surface area contributed by atoms with Gasteiger partial charge in [-0.05, 0) is 31.2 Å². The minimum atomic E-state index is -2.90. The van der Waals surface area contributed by atoms with E-state index in [0.717, 1.165) is 0 Å². The standard InChI is InChI=1S/C18H19F2N3O3/c1-12(13-6-5-7-14(10-13)26-18(19)20)22-23-17(24)11-21-15-8-3-4-9-16(15)25-2/h3-10,18,21H,11H2,1-2H3,(H,23,24)/b22-12+. The smallest absolute Gasteiger partial charge is 0.387 e. The Morgan fingerprint density at radius 1 is 1.19 bits per heavy atom. The second-order valence-corrected chi connectivity index (χ2v) is 5.19. The molecule has 26 heavy (non-hydrogen) atoms. The lowest BCUT2D eigenvalue weighted by molar-refractivity contribution is -0.119. The van der Waals surface area contributed by atoms with E-state index in [1.165, 1.54) is 12.1 Å². The van der Waals surface area contributed by atoms with Gasteiger partial charge in [0.2, 0.25) is 0 Å². The Morgan fingerprint density at radius 3 is 2.69 bits per heavy atom. The number of nitrogens with one attached hydrogen (secondary N) is 2. The number of hydrogen-bond acceptors (Lipinski definition) is 5. The highest BCUT2D eigenvalue weighted by atomic mass is 19.3. The van der Waals surface area contributed by atoms with Crippen molar-refractivity contribution in [1.82, 2.24) is 5.43 Å². The molecule has 2 N–H and O–H groups in total. The first kappa shape index (κ1) is 19.2. The van der Waals surface area contributed by atoms with E-state index in [1.54, 1.807) is 38.3 Å². The van der Waals surface area contributed by atoms with Crippen molar-refractivity contribution < 1.29 is 23.0 Å². The van der Waals surface area contributed by atoms with Crippen molar-refractivity contribution >= 4 is 17.3 Å². The van der Waals surface area contributed by atoms with Crippen LogP contribution in [0.15, 0.2) is 53.6 Å². The van der Waals surface area contributed by atoms with Gasteiger partial charge in [-0.25, -0.2) is 5.43 Å². The molecule has 0 radical (unpaired) electrons. The summed E-state index contributed by atoms with van der Waals surface area (Å²) in [4.78, 5) is 11.9. The number of amides is 1. The lowest BCUT2D eigenvalue weighted by Gasteiger charge is -2.10. The van der Waals surface area contributed by atoms with Gasteiger partial charge in [0.05, 0.1) is 25.1 Å². The normalized spacial score (nSPS) is 11.2. The minimum Gasteiger partial charge on any atom is -0.495 e. The van der Waals surface area contributed by atoms with Crippen LogP contribution < -0.4 is 20.2 Å². The van der Waals surface area contributed by atoms with Gasteiger partial charge in [-0.3, -0.25) is 4.79 Å². The number of rotatable bonds is 8. The average Bonchev–Trinajstić information content (AvgIpc) is 2.64. The zero-order valence-electron chi connectivity index (χ0n) is 14.3. The number of methoxy groups -OCH3 is 1. The van der Waals surface area contributed by atoms with Gasteiger partial charge in [0, 0.05) is 5.56 Å². The van der Waals surface area contributed by atoms with Gasteiger partial charge < -0.3 is 14.8 Å². The fourth-order valence-corrected chi connectivity index (χ4v) is 2.11. The fraction of sp³-hybridized carbons (Fsp3) is 0.222. The Labute approximate surface area is 149 Å². The van der Waals surface area contributed by atoms with Gasteiger partial charge in [-0.1, -0.05) is 24.3 Å². The largest absolute Gasteiger partial charge is 0.495 e. The number of alkyl halides is 2. The molecule has 0 unspecified atom stereocenters. The molecule has 0 saturated heterocycles. The van der Waals surface area contributed by atoms with Crippen molar-refractivity contribution in [3.8, 4) is 11.5 Å². The van der Waals surface area contributed by atoms with E-state index in [2.05, 4.69) is 20.6 Å². The zero-order valence-corrected chi connectivity index (χ0v) is 14.3. The summed E-state index contributed by atoms with van der Waals surface area (Å²) in [5.41, 5.74) is 4.10. The first-order valence-electron chi connectivity index (χ1n) is 7.75. The summed E-state index contributed by atoms with van der Waals surface area (Å²) in [5.74, 6) is 0.280. The lowest BCUT2D eigenvalue weighted by Crippen LogP contribution is -2.26. The molecule has 2 rings (SSSR count). The van der Waals surface area contributed by atoms with Crippen LogP contribution in [0.5, 0.6) is 11.5 Å². The minimum absolute atomic E-state index is 0.00825. The highest BCUT2D eigenvalue weighted by Gasteiger charge is 2.07. The Balaban J connectivity index is 1.92. The summed E-state index contributed by atoms with van der Waals surface area (Å²) in [7, 11) is 1.54. The summed E-state index contributed by atoms with van der Waals surface area (Å²) in [6.45, 7) is -1.26. The van der Waals surface area contributed by atoms with Crippen molar-refractivity contribution in [1.29, 1.82) is 0 Å². The number of halogens is 2. The van der Waals surface area contributed by atoms with Crippen LogP contribution in [-0.2, 0) is 4.79 Å². The summed E-state index contributed by atoms with van der Waals surface area (Å²) in [6.07, 6.45) is 0. The maximum Gasteiger partial charge on any atom is 0.387 e. The fourth-order valence-electron chi connectivity index (χ4n) is 2.11. The Bertz CT molecular complexity index is 782. The van der Waals surface area contributed by atoms with Crippen molar-refractivity contribution in [2.75, 3.05) is 19.0 Å². The molecule has 0 fully saturated rings. The van der Waals surface area contributed by atoms with Crippen molar-refractivity contribution in [2.45, 2.75) is 13.5 Å². The van der Waals surface area contributed by atoms with Crippen molar-refractivity contribution in [3.63, 3.8) is 0 Å². The van der Waals surface area contributed by atoms with E-state index < -0.39 is 6.61 Å². The Kier molecular flexibility index (Phi) is 6.90. The number of benzene rings is 2. The molecule has 138 valence electrons. The highest BCUT2D eigenvalue weighted by molar-refractivity contribution is 5.99. The van der Waals surface area contributed by atoms with E-state index in [0.29, 0.717) is 22.7 Å². The van der Waals surface area contributed by atoms with Crippen LogP contribution in [0.4, 0.5) is 14.5 Å². The molecule has 6 nitrogen and oxygen atoms in total. The molecular weight excluding hydrogens is 344 g/mol. The SMILES string of the molecule is COc1ccccc1NCC(=O)N/N=C(\C)c1cccc(OC(F)F)c1. The first-order chi connectivity index (χ1) is 12.5. The van der Waals surface area contributed by atoms with Crippen molar-refractivity contribution in [2.24, 2.45) is 5.10 Å². The van der Waals surface area contributed by atoms with Crippen LogP contribution >= 0.6 is 0 Å². The summed E-state index contributed by atoms with van der Waals surface area (Å²) in [5, 5.41) is 6.92. The Morgan fingerprint density at radius 2 is 1.96 bits per heavy atom. The highest BCUT2D eigenvalue weighted by Crippen LogP contribution is 2.22.